The molecule has 17 heavy (non-hydrogen) atoms. The van der Waals surface area contributed by atoms with E-state index >= 15 is 0 Å². The van der Waals surface area contributed by atoms with Crippen LogP contribution in [0.25, 0.3) is 0 Å². The average molecular weight is 298 g/mol. The first-order valence-corrected chi connectivity index (χ1v) is 6.03. The minimum Gasteiger partial charge on any atom is -0.342 e. The summed E-state index contributed by atoms with van der Waals surface area (Å²) in [5.41, 5.74) is 0.358. The molecule has 2 heterocycles. The summed E-state index contributed by atoms with van der Waals surface area (Å²) >= 11 is 3.22. The molecule has 2 rings (SSSR count). The molecule has 0 saturated carbocycles. The smallest absolute Gasteiger partial charge is 0.273 e. The van der Waals surface area contributed by atoms with E-state index in [1.54, 1.807) is 30.1 Å². The van der Waals surface area contributed by atoms with E-state index in [1.165, 1.54) is 4.90 Å². The van der Waals surface area contributed by atoms with Crippen molar-refractivity contribution < 1.29 is 9.59 Å². The first-order valence-electron chi connectivity index (χ1n) is 5.24. The quantitative estimate of drug-likeness (QED) is 0.719. The molecule has 0 aromatic carbocycles. The number of pyridine rings is 1. The summed E-state index contributed by atoms with van der Waals surface area (Å²) in [5.74, 6) is -0.243. The zero-order valence-electron chi connectivity index (χ0n) is 9.39. The molecule has 1 aromatic rings. The van der Waals surface area contributed by atoms with E-state index in [-0.39, 0.29) is 18.4 Å². The van der Waals surface area contributed by atoms with Gasteiger partial charge in [-0.3, -0.25) is 9.59 Å². The standard InChI is InChI=1S/C11H12BrN3O2/c1-14-5-6-15(7-10(14)16)11(17)8-3-2-4-9(12)13-8/h2-4H,5-7H2,1H3. The van der Waals surface area contributed by atoms with Crippen molar-refractivity contribution in [2.24, 2.45) is 0 Å². The molecule has 90 valence electrons. The van der Waals surface area contributed by atoms with Gasteiger partial charge in [0, 0.05) is 20.1 Å². The van der Waals surface area contributed by atoms with Crippen LogP contribution in [-0.4, -0.2) is 53.3 Å². The lowest BCUT2D eigenvalue weighted by atomic mass is 10.2. The van der Waals surface area contributed by atoms with Gasteiger partial charge in [-0.05, 0) is 28.1 Å². The largest absolute Gasteiger partial charge is 0.342 e. The van der Waals surface area contributed by atoms with Crippen LogP contribution in [-0.2, 0) is 4.79 Å². The van der Waals surface area contributed by atoms with Crippen molar-refractivity contribution in [2.45, 2.75) is 0 Å². The molecule has 0 radical (unpaired) electrons. The molecule has 0 atom stereocenters. The van der Waals surface area contributed by atoms with E-state index in [0.717, 1.165) is 0 Å². The van der Waals surface area contributed by atoms with Crippen molar-refractivity contribution in [1.82, 2.24) is 14.8 Å². The minimum absolute atomic E-state index is 0.0420. The van der Waals surface area contributed by atoms with Crippen LogP contribution in [0, 0.1) is 0 Å². The van der Waals surface area contributed by atoms with Gasteiger partial charge in [0.25, 0.3) is 5.91 Å². The van der Waals surface area contributed by atoms with Gasteiger partial charge in [-0.2, -0.15) is 0 Å². The predicted octanol–water partition coefficient (Wildman–Crippen LogP) is 0.758. The molecule has 0 spiro atoms. The number of nitrogens with zero attached hydrogens (tertiary/aromatic N) is 3. The van der Waals surface area contributed by atoms with Crippen LogP contribution in [0.3, 0.4) is 0 Å². The molecular weight excluding hydrogens is 286 g/mol. The number of piperazine rings is 1. The molecule has 1 saturated heterocycles. The molecular formula is C11H12BrN3O2. The van der Waals surface area contributed by atoms with Crippen molar-refractivity contribution in [3.63, 3.8) is 0 Å². The van der Waals surface area contributed by atoms with Crippen molar-refractivity contribution in [3.05, 3.63) is 28.5 Å². The van der Waals surface area contributed by atoms with E-state index in [1.807, 2.05) is 0 Å². The van der Waals surface area contributed by atoms with Gasteiger partial charge < -0.3 is 9.80 Å². The monoisotopic (exact) mass is 297 g/mol. The van der Waals surface area contributed by atoms with E-state index < -0.39 is 0 Å². The van der Waals surface area contributed by atoms with Gasteiger partial charge in [0.15, 0.2) is 0 Å². The number of hydrogen-bond donors (Lipinski definition) is 0. The van der Waals surface area contributed by atoms with Gasteiger partial charge in [-0.25, -0.2) is 4.98 Å². The Labute approximate surface area is 108 Å². The van der Waals surface area contributed by atoms with Crippen molar-refractivity contribution in [3.8, 4) is 0 Å². The third-order valence-corrected chi connectivity index (χ3v) is 3.12. The highest BCUT2D eigenvalue weighted by molar-refractivity contribution is 9.10. The summed E-state index contributed by atoms with van der Waals surface area (Å²) in [6.45, 7) is 1.25. The summed E-state index contributed by atoms with van der Waals surface area (Å²) in [6, 6.07) is 5.16. The maximum Gasteiger partial charge on any atom is 0.273 e. The van der Waals surface area contributed by atoms with Crippen LogP contribution < -0.4 is 0 Å². The summed E-state index contributed by atoms with van der Waals surface area (Å²) in [6.07, 6.45) is 0. The number of aromatic nitrogens is 1. The van der Waals surface area contributed by atoms with Crippen LogP contribution in [0.4, 0.5) is 0 Å². The fraction of sp³-hybridized carbons (Fsp3) is 0.364. The summed E-state index contributed by atoms with van der Waals surface area (Å²) in [4.78, 5) is 30.8. The van der Waals surface area contributed by atoms with Gasteiger partial charge in [-0.15, -0.1) is 0 Å². The normalized spacial score (nSPS) is 16.2. The molecule has 5 nitrogen and oxygen atoms in total. The molecule has 1 aliphatic rings. The molecule has 2 amide bonds. The predicted molar refractivity (Wildman–Crippen MR) is 65.5 cm³/mol. The first-order chi connectivity index (χ1) is 8.08. The summed E-state index contributed by atoms with van der Waals surface area (Å²) < 4.78 is 0.615. The van der Waals surface area contributed by atoms with Crippen LogP contribution in [0.1, 0.15) is 10.5 Å². The van der Waals surface area contributed by atoms with Gasteiger partial charge in [0.05, 0.1) is 0 Å². The Morgan fingerprint density at radius 2 is 2.18 bits per heavy atom. The van der Waals surface area contributed by atoms with E-state index in [0.29, 0.717) is 23.4 Å². The van der Waals surface area contributed by atoms with Crippen molar-refractivity contribution in [2.75, 3.05) is 26.7 Å². The fourth-order valence-corrected chi connectivity index (χ4v) is 1.96. The van der Waals surface area contributed by atoms with Gasteiger partial charge in [-0.1, -0.05) is 6.07 Å². The fourth-order valence-electron chi connectivity index (χ4n) is 1.62. The van der Waals surface area contributed by atoms with Gasteiger partial charge in [0.1, 0.15) is 16.8 Å². The Morgan fingerprint density at radius 1 is 1.41 bits per heavy atom. The lowest BCUT2D eigenvalue weighted by molar-refractivity contribution is -0.133. The highest BCUT2D eigenvalue weighted by Crippen LogP contribution is 2.10. The minimum atomic E-state index is -0.201. The Kier molecular flexibility index (Phi) is 3.42. The second-order valence-electron chi connectivity index (χ2n) is 3.89. The zero-order valence-corrected chi connectivity index (χ0v) is 11.0. The number of rotatable bonds is 1. The Bertz CT molecular complexity index is 464. The first kappa shape index (κ1) is 12.0. The van der Waals surface area contributed by atoms with Crippen LogP contribution in [0.15, 0.2) is 22.8 Å². The molecule has 0 N–H and O–H groups in total. The lowest BCUT2D eigenvalue weighted by Gasteiger charge is -2.31. The second-order valence-corrected chi connectivity index (χ2v) is 4.70. The molecule has 6 heteroatoms. The average Bonchev–Trinajstić information content (AvgIpc) is 2.32. The topological polar surface area (TPSA) is 53.5 Å². The molecule has 1 aliphatic heterocycles. The molecule has 1 fully saturated rings. The van der Waals surface area contributed by atoms with E-state index in [4.69, 9.17) is 0 Å². The zero-order chi connectivity index (χ0) is 12.4. The Morgan fingerprint density at radius 3 is 2.82 bits per heavy atom. The summed E-state index contributed by atoms with van der Waals surface area (Å²) in [7, 11) is 1.74. The lowest BCUT2D eigenvalue weighted by Crippen LogP contribution is -2.50. The van der Waals surface area contributed by atoms with Crippen LogP contribution >= 0.6 is 15.9 Å². The maximum absolute atomic E-state index is 12.1. The number of likely N-dealkylation sites (N-methyl/N-ethyl adjacent to an activating group) is 1. The van der Waals surface area contributed by atoms with E-state index in [2.05, 4.69) is 20.9 Å². The molecule has 1 aromatic heterocycles. The highest BCUT2D eigenvalue weighted by Gasteiger charge is 2.26. The molecule has 0 aliphatic carbocycles. The number of hydrogen-bond acceptors (Lipinski definition) is 3. The van der Waals surface area contributed by atoms with Crippen molar-refractivity contribution in [1.29, 1.82) is 0 Å². The van der Waals surface area contributed by atoms with E-state index in [9.17, 15) is 9.59 Å². The third kappa shape index (κ3) is 2.63. The number of carbonyl (C=O) groups excluding carboxylic acids is 2. The number of halogens is 1. The van der Waals surface area contributed by atoms with Crippen LogP contribution in [0.2, 0.25) is 0 Å². The highest BCUT2D eigenvalue weighted by atomic mass is 79.9. The second kappa shape index (κ2) is 4.83. The van der Waals surface area contributed by atoms with Gasteiger partial charge >= 0.3 is 0 Å². The van der Waals surface area contributed by atoms with Crippen LogP contribution in [0.5, 0.6) is 0 Å². The third-order valence-electron chi connectivity index (χ3n) is 2.68. The number of amides is 2. The van der Waals surface area contributed by atoms with Crippen molar-refractivity contribution >= 4 is 27.7 Å². The molecule has 0 unspecified atom stereocenters. The summed E-state index contributed by atoms with van der Waals surface area (Å²) in [5, 5.41) is 0. The Hall–Kier alpha value is -1.43. The Balaban J connectivity index is 2.13. The van der Waals surface area contributed by atoms with Gasteiger partial charge in [0.2, 0.25) is 5.91 Å². The molecule has 0 bridgehead atoms. The maximum atomic E-state index is 12.1. The SMILES string of the molecule is CN1CCN(C(=O)c2cccc(Br)n2)CC1=O. The number of carbonyl (C=O) groups is 2.